The molecule has 1 N–H and O–H groups in total. The summed E-state index contributed by atoms with van der Waals surface area (Å²) in [6.45, 7) is 6.32. The fourth-order valence-electron chi connectivity index (χ4n) is 2.63. The number of aryl methyl sites for hydroxylation is 1. The summed E-state index contributed by atoms with van der Waals surface area (Å²) in [7, 11) is 0. The van der Waals surface area contributed by atoms with Crippen LogP contribution in [0, 0.1) is 11.6 Å². The van der Waals surface area contributed by atoms with E-state index < -0.39 is 0 Å². The molecule has 0 aliphatic carbocycles. The number of benzene rings is 1. The van der Waals surface area contributed by atoms with Crippen molar-refractivity contribution in [2.75, 3.05) is 0 Å². The summed E-state index contributed by atoms with van der Waals surface area (Å²) in [6, 6.07) is 10.1. The minimum atomic E-state index is 0.371. The van der Waals surface area contributed by atoms with Crippen LogP contribution in [0.25, 0.3) is 22.3 Å². The van der Waals surface area contributed by atoms with E-state index in [1.165, 1.54) is 0 Å². The molecule has 0 aliphatic rings. The first kappa shape index (κ1) is 13.9. The Morgan fingerprint density at radius 2 is 2.00 bits per heavy atom. The molecular weight excluding hydrogens is 278 g/mol. The Balaban J connectivity index is 2.17. The highest BCUT2D eigenvalue weighted by molar-refractivity contribution is 7.71. The average Bonchev–Trinajstić information content (AvgIpc) is 2.45. The summed E-state index contributed by atoms with van der Waals surface area (Å²) in [5.74, 6) is 1.18. The summed E-state index contributed by atoms with van der Waals surface area (Å²) in [6.07, 6.45) is 1.80. The molecule has 2 aromatic heterocycles. The van der Waals surface area contributed by atoms with Crippen molar-refractivity contribution < 1.29 is 0 Å². The van der Waals surface area contributed by atoms with Crippen LogP contribution in [0.2, 0.25) is 0 Å². The van der Waals surface area contributed by atoms with E-state index in [-0.39, 0.29) is 0 Å². The Morgan fingerprint density at radius 3 is 2.71 bits per heavy atom. The molecule has 4 heteroatoms. The maximum atomic E-state index is 5.46. The quantitative estimate of drug-likeness (QED) is 0.691. The predicted molar refractivity (Wildman–Crippen MR) is 89.0 cm³/mol. The number of nitrogens with one attached hydrogen (secondary N) is 1. The lowest BCUT2D eigenvalue weighted by molar-refractivity contribution is 0.825. The Hall–Kier alpha value is -2.07. The maximum Gasteiger partial charge on any atom is 0.139 e. The third kappa shape index (κ3) is 2.59. The molecule has 0 bridgehead atoms. The van der Waals surface area contributed by atoms with Crippen LogP contribution in [-0.2, 0) is 0 Å². The number of aromatic nitrogens is 3. The minimum absolute atomic E-state index is 0.371. The minimum Gasteiger partial charge on any atom is -0.343 e. The summed E-state index contributed by atoms with van der Waals surface area (Å²) < 4.78 is 0.683. The molecule has 0 spiro atoms. The summed E-state index contributed by atoms with van der Waals surface area (Å²) >= 11 is 5.46. The normalized spacial score (nSPS) is 11.2. The van der Waals surface area contributed by atoms with Crippen molar-refractivity contribution in [3.8, 4) is 11.4 Å². The molecule has 0 saturated heterocycles. The van der Waals surface area contributed by atoms with Crippen LogP contribution in [-0.4, -0.2) is 15.0 Å². The zero-order valence-electron chi connectivity index (χ0n) is 12.3. The van der Waals surface area contributed by atoms with E-state index in [0.717, 1.165) is 33.5 Å². The number of aromatic amines is 1. The van der Waals surface area contributed by atoms with Crippen molar-refractivity contribution in [3.63, 3.8) is 0 Å². The highest BCUT2D eigenvalue weighted by atomic mass is 32.1. The van der Waals surface area contributed by atoms with Crippen molar-refractivity contribution in [1.29, 1.82) is 0 Å². The molecule has 0 amide bonds. The van der Waals surface area contributed by atoms with Crippen molar-refractivity contribution in [3.05, 3.63) is 52.4 Å². The van der Waals surface area contributed by atoms with Crippen LogP contribution >= 0.6 is 12.2 Å². The number of H-pyrrole nitrogens is 1. The first-order valence-electron chi connectivity index (χ1n) is 7.02. The molecule has 0 fully saturated rings. The van der Waals surface area contributed by atoms with Crippen LogP contribution in [0.15, 0.2) is 36.5 Å². The van der Waals surface area contributed by atoms with Gasteiger partial charge in [-0.25, -0.2) is 4.98 Å². The largest absolute Gasteiger partial charge is 0.343 e. The van der Waals surface area contributed by atoms with Gasteiger partial charge in [-0.3, -0.25) is 4.98 Å². The molecule has 3 rings (SSSR count). The maximum absolute atomic E-state index is 5.46. The van der Waals surface area contributed by atoms with E-state index in [9.17, 15) is 0 Å². The van der Waals surface area contributed by atoms with Gasteiger partial charge in [0.15, 0.2) is 0 Å². The number of hydrogen-bond acceptors (Lipinski definition) is 3. The number of hydrogen-bond donors (Lipinski definition) is 1. The number of fused-ring (bicyclic) bond motifs is 1. The fourth-order valence-corrected chi connectivity index (χ4v) is 3.11. The molecule has 0 radical (unpaired) electrons. The molecule has 3 nitrogen and oxygen atoms in total. The number of nitrogens with zero attached hydrogens (tertiary/aromatic N) is 2. The van der Waals surface area contributed by atoms with Gasteiger partial charge in [-0.05, 0) is 37.1 Å². The van der Waals surface area contributed by atoms with Crippen molar-refractivity contribution in [1.82, 2.24) is 15.0 Å². The Labute approximate surface area is 129 Å². The van der Waals surface area contributed by atoms with E-state index >= 15 is 0 Å². The lowest BCUT2D eigenvalue weighted by Crippen LogP contribution is -2.01. The summed E-state index contributed by atoms with van der Waals surface area (Å²) in [5.41, 5.74) is 4.22. The van der Waals surface area contributed by atoms with E-state index in [1.54, 1.807) is 6.20 Å². The molecule has 2 heterocycles. The molecule has 0 saturated carbocycles. The van der Waals surface area contributed by atoms with E-state index in [1.807, 2.05) is 18.2 Å². The third-order valence-corrected chi connectivity index (χ3v) is 3.92. The van der Waals surface area contributed by atoms with Crippen molar-refractivity contribution in [2.24, 2.45) is 0 Å². The summed E-state index contributed by atoms with van der Waals surface area (Å²) in [5, 5.41) is 1.10. The topological polar surface area (TPSA) is 41.6 Å². The first-order valence-corrected chi connectivity index (χ1v) is 7.43. The standard InChI is InChI=1S/C17H17N3S/c1-10(2)15-11(3)19-16(20-17(15)21)13-6-7-14-12(9-13)5-4-8-18-14/h4-10H,1-3H3,(H,19,20,21). The van der Waals surface area contributed by atoms with Gasteiger partial charge in [0.05, 0.1) is 5.52 Å². The number of pyridine rings is 1. The van der Waals surface area contributed by atoms with Gasteiger partial charge in [0.25, 0.3) is 0 Å². The molecule has 0 atom stereocenters. The van der Waals surface area contributed by atoms with E-state index in [0.29, 0.717) is 10.6 Å². The van der Waals surface area contributed by atoms with Gasteiger partial charge in [-0.15, -0.1) is 0 Å². The average molecular weight is 295 g/mol. The monoisotopic (exact) mass is 295 g/mol. The van der Waals surface area contributed by atoms with Gasteiger partial charge in [0.1, 0.15) is 10.5 Å². The predicted octanol–water partition coefficient (Wildman–Crippen LogP) is 4.79. The second kappa shape index (κ2) is 5.37. The smallest absolute Gasteiger partial charge is 0.139 e. The molecule has 3 aromatic rings. The van der Waals surface area contributed by atoms with Crippen LogP contribution in [0.1, 0.15) is 31.0 Å². The molecular formula is C17H17N3S. The highest BCUT2D eigenvalue weighted by Gasteiger charge is 2.10. The van der Waals surface area contributed by atoms with Crippen LogP contribution in [0.5, 0.6) is 0 Å². The Kier molecular flexibility index (Phi) is 3.55. The molecule has 0 unspecified atom stereocenters. The van der Waals surface area contributed by atoms with Crippen LogP contribution in [0.4, 0.5) is 0 Å². The molecule has 21 heavy (non-hydrogen) atoms. The SMILES string of the molecule is Cc1[nH]c(-c2ccc3ncccc3c2)nc(=S)c1C(C)C. The molecule has 0 aliphatic heterocycles. The van der Waals surface area contributed by atoms with E-state index in [2.05, 4.69) is 47.9 Å². The van der Waals surface area contributed by atoms with Crippen molar-refractivity contribution in [2.45, 2.75) is 26.7 Å². The van der Waals surface area contributed by atoms with Gasteiger partial charge < -0.3 is 4.98 Å². The van der Waals surface area contributed by atoms with Gasteiger partial charge in [-0.2, -0.15) is 0 Å². The van der Waals surface area contributed by atoms with Crippen LogP contribution < -0.4 is 0 Å². The van der Waals surface area contributed by atoms with E-state index in [4.69, 9.17) is 12.2 Å². The number of rotatable bonds is 2. The molecule has 106 valence electrons. The lowest BCUT2D eigenvalue weighted by atomic mass is 10.0. The van der Waals surface area contributed by atoms with Crippen molar-refractivity contribution >= 4 is 23.1 Å². The van der Waals surface area contributed by atoms with Gasteiger partial charge in [0, 0.05) is 28.4 Å². The van der Waals surface area contributed by atoms with Gasteiger partial charge in [0.2, 0.25) is 0 Å². The van der Waals surface area contributed by atoms with Gasteiger partial charge >= 0.3 is 0 Å². The lowest BCUT2D eigenvalue weighted by Gasteiger charge is -2.12. The first-order chi connectivity index (χ1) is 10.1. The van der Waals surface area contributed by atoms with Gasteiger partial charge in [-0.1, -0.05) is 32.1 Å². The Morgan fingerprint density at radius 1 is 1.19 bits per heavy atom. The second-order valence-electron chi connectivity index (χ2n) is 5.49. The Bertz CT molecular complexity index is 865. The highest BCUT2D eigenvalue weighted by Crippen LogP contribution is 2.24. The molecule has 1 aromatic carbocycles. The van der Waals surface area contributed by atoms with Crippen LogP contribution in [0.3, 0.4) is 0 Å². The fraction of sp³-hybridized carbons (Fsp3) is 0.235. The third-order valence-electron chi connectivity index (χ3n) is 3.61. The second-order valence-corrected chi connectivity index (χ2v) is 5.88. The zero-order chi connectivity index (χ0) is 15.0. The zero-order valence-corrected chi connectivity index (χ0v) is 13.2. The summed E-state index contributed by atoms with van der Waals surface area (Å²) in [4.78, 5) is 12.3.